The van der Waals surface area contributed by atoms with Gasteiger partial charge in [-0.15, -0.1) is 0 Å². The molecule has 0 saturated carbocycles. The summed E-state index contributed by atoms with van der Waals surface area (Å²) in [5, 5.41) is 2.96. The van der Waals surface area contributed by atoms with E-state index in [1.165, 1.54) is 0 Å². The van der Waals surface area contributed by atoms with Crippen molar-refractivity contribution in [3.05, 3.63) is 24.3 Å². The lowest BCUT2D eigenvalue weighted by molar-refractivity contribution is -0.133. The summed E-state index contributed by atoms with van der Waals surface area (Å²) in [5.74, 6) is 0.292. The monoisotopic (exact) mass is 373 g/mol. The molecule has 5 nitrogen and oxygen atoms in total. The van der Waals surface area contributed by atoms with E-state index < -0.39 is 0 Å². The molecule has 1 heterocycles. The largest absolute Gasteiger partial charge is 0.368 e. The molecule has 0 aliphatic carbocycles. The molecule has 2 rings (SSSR count). The molecule has 0 radical (unpaired) electrons. The van der Waals surface area contributed by atoms with E-state index in [1.807, 2.05) is 29.2 Å². The number of hydrogen-bond acceptors (Lipinski definition) is 3. The highest BCUT2D eigenvalue weighted by Crippen LogP contribution is 2.24. The molecule has 5 heteroatoms. The Bertz CT molecular complexity index is 646. The molecular formula is C22H35N3O2. The number of amides is 2. The standard InChI is InChI=1S/C22H35N3O2/c1-21(2,3)15-19(26)23-17-7-9-18(10-8-17)24-11-13-25(14-12-24)20(27)16-22(4,5)6/h7-10H,11-16H2,1-6H3,(H,23,26). The Hall–Kier alpha value is -2.04. The molecule has 1 aliphatic heterocycles. The third-order valence-electron chi connectivity index (χ3n) is 4.52. The molecule has 0 aromatic heterocycles. The van der Waals surface area contributed by atoms with Gasteiger partial charge in [-0.3, -0.25) is 9.59 Å². The van der Waals surface area contributed by atoms with Crippen LogP contribution in [0.3, 0.4) is 0 Å². The molecule has 1 saturated heterocycles. The molecule has 150 valence electrons. The lowest BCUT2D eigenvalue weighted by Crippen LogP contribution is -2.49. The van der Waals surface area contributed by atoms with Crippen molar-refractivity contribution in [2.75, 3.05) is 36.4 Å². The fourth-order valence-electron chi connectivity index (χ4n) is 3.22. The van der Waals surface area contributed by atoms with Crippen molar-refractivity contribution in [3.63, 3.8) is 0 Å². The van der Waals surface area contributed by atoms with Gasteiger partial charge in [0.05, 0.1) is 0 Å². The van der Waals surface area contributed by atoms with Gasteiger partial charge < -0.3 is 15.1 Å². The zero-order valence-electron chi connectivity index (χ0n) is 17.8. The Morgan fingerprint density at radius 1 is 0.852 bits per heavy atom. The van der Waals surface area contributed by atoms with Crippen LogP contribution in [0.1, 0.15) is 54.4 Å². The van der Waals surface area contributed by atoms with Crippen molar-refractivity contribution in [3.8, 4) is 0 Å². The van der Waals surface area contributed by atoms with Gasteiger partial charge in [-0.1, -0.05) is 41.5 Å². The maximum atomic E-state index is 12.4. The minimum Gasteiger partial charge on any atom is -0.368 e. The van der Waals surface area contributed by atoms with Gasteiger partial charge >= 0.3 is 0 Å². The van der Waals surface area contributed by atoms with Crippen molar-refractivity contribution in [1.82, 2.24) is 4.90 Å². The molecule has 0 bridgehead atoms. The summed E-state index contributed by atoms with van der Waals surface area (Å²) < 4.78 is 0. The van der Waals surface area contributed by atoms with Crippen LogP contribution in [-0.4, -0.2) is 42.9 Å². The molecule has 1 aliphatic rings. The zero-order chi connectivity index (χ0) is 20.2. The number of benzene rings is 1. The summed E-state index contributed by atoms with van der Waals surface area (Å²) in [7, 11) is 0. The van der Waals surface area contributed by atoms with Gasteiger partial charge in [0.1, 0.15) is 0 Å². The summed E-state index contributed by atoms with van der Waals surface area (Å²) in [4.78, 5) is 28.7. The van der Waals surface area contributed by atoms with Crippen molar-refractivity contribution in [1.29, 1.82) is 0 Å². The summed E-state index contributed by atoms with van der Waals surface area (Å²) in [6.07, 6.45) is 1.09. The molecule has 2 amide bonds. The minimum atomic E-state index is -0.0197. The number of rotatable bonds is 4. The van der Waals surface area contributed by atoms with Crippen LogP contribution < -0.4 is 10.2 Å². The predicted octanol–water partition coefficient (Wildman–Crippen LogP) is 4.15. The zero-order valence-corrected chi connectivity index (χ0v) is 17.8. The molecule has 1 aromatic rings. The maximum absolute atomic E-state index is 12.4. The first kappa shape index (κ1) is 21.3. The number of piperazine rings is 1. The van der Waals surface area contributed by atoms with Crippen LogP contribution in [0.4, 0.5) is 11.4 Å². The van der Waals surface area contributed by atoms with E-state index >= 15 is 0 Å². The number of nitrogens with one attached hydrogen (secondary N) is 1. The smallest absolute Gasteiger partial charge is 0.224 e. The summed E-state index contributed by atoms with van der Waals surface area (Å²) in [6.45, 7) is 15.7. The SMILES string of the molecule is CC(C)(C)CC(=O)Nc1ccc(N2CCN(C(=O)CC(C)(C)C)CC2)cc1. The number of hydrogen-bond donors (Lipinski definition) is 1. The van der Waals surface area contributed by atoms with Crippen molar-refractivity contribution in [2.45, 2.75) is 54.4 Å². The normalized spacial score (nSPS) is 15.6. The Balaban J connectivity index is 1.86. The topological polar surface area (TPSA) is 52.7 Å². The van der Waals surface area contributed by atoms with E-state index in [-0.39, 0.29) is 22.6 Å². The van der Waals surface area contributed by atoms with Crippen LogP contribution in [0, 0.1) is 10.8 Å². The van der Waals surface area contributed by atoms with E-state index in [4.69, 9.17) is 0 Å². The highest BCUT2D eigenvalue weighted by atomic mass is 16.2. The lowest BCUT2D eigenvalue weighted by atomic mass is 9.91. The summed E-state index contributed by atoms with van der Waals surface area (Å²) in [6, 6.07) is 7.98. The number of anilines is 2. The van der Waals surface area contributed by atoms with Crippen LogP contribution in [0.25, 0.3) is 0 Å². The van der Waals surface area contributed by atoms with Crippen molar-refractivity contribution in [2.24, 2.45) is 10.8 Å². The first-order valence-corrected chi connectivity index (χ1v) is 9.86. The lowest BCUT2D eigenvalue weighted by Gasteiger charge is -2.37. The van der Waals surface area contributed by atoms with E-state index in [0.717, 1.165) is 37.6 Å². The molecule has 0 unspecified atom stereocenters. The van der Waals surface area contributed by atoms with Crippen molar-refractivity contribution >= 4 is 23.2 Å². The molecule has 1 N–H and O–H groups in total. The fourth-order valence-corrected chi connectivity index (χ4v) is 3.22. The quantitative estimate of drug-likeness (QED) is 0.863. The van der Waals surface area contributed by atoms with Crippen LogP contribution in [0.15, 0.2) is 24.3 Å². The molecule has 0 spiro atoms. The average molecular weight is 374 g/mol. The number of nitrogens with zero attached hydrogens (tertiary/aromatic N) is 2. The van der Waals surface area contributed by atoms with E-state index in [0.29, 0.717) is 12.8 Å². The van der Waals surface area contributed by atoms with Gasteiger partial charge in [0.15, 0.2) is 0 Å². The first-order chi connectivity index (χ1) is 12.4. The van der Waals surface area contributed by atoms with Gasteiger partial charge in [0.2, 0.25) is 11.8 Å². The molecule has 0 atom stereocenters. The van der Waals surface area contributed by atoms with Gasteiger partial charge in [0, 0.05) is 50.4 Å². The van der Waals surface area contributed by atoms with Gasteiger partial charge in [0.25, 0.3) is 0 Å². The third kappa shape index (κ3) is 7.24. The molecule has 1 aromatic carbocycles. The Kier molecular flexibility index (Phi) is 6.55. The van der Waals surface area contributed by atoms with E-state index in [2.05, 4.69) is 51.8 Å². The number of carbonyl (C=O) groups is 2. The Morgan fingerprint density at radius 2 is 1.37 bits per heavy atom. The van der Waals surface area contributed by atoms with Crippen LogP contribution in [-0.2, 0) is 9.59 Å². The predicted molar refractivity (Wildman–Crippen MR) is 112 cm³/mol. The van der Waals surface area contributed by atoms with Gasteiger partial charge in [-0.2, -0.15) is 0 Å². The Morgan fingerprint density at radius 3 is 1.85 bits per heavy atom. The van der Waals surface area contributed by atoms with Crippen LogP contribution in [0.5, 0.6) is 0 Å². The molecule has 27 heavy (non-hydrogen) atoms. The third-order valence-corrected chi connectivity index (χ3v) is 4.52. The highest BCUT2D eigenvalue weighted by Gasteiger charge is 2.25. The van der Waals surface area contributed by atoms with E-state index in [1.54, 1.807) is 0 Å². The van der Waals surface area contributed by atoms with Crippen LogP contribution in [0.2, 0.25) is 0 Å². The van der Waals surface area contributed by atoms with Crippen LogP contribution >= 0.6 is 0 Å². The minimum absolute atomic E-state index is 0.0197. The molecule has 1 fully saturated rings. The average Bonchev–Trinajstić information content (AvgIpc) is 2.52. The first-order valence-electron chi connectivity index (χ1n) is 9.86. The second kappa shape index (κ2) is 8.32. The van der Waals surface area contributed by atoms with Gasteiger partial charge in [-0.25, -0.2) is 0 Å². The fraction of sp³-hybridized carbons (Fsp3) is 0.636. The Labute approximate surface area is 164 Å². The highest BCUT2D eigenvalue weighted by molar-refractivity contribution is 5.91. The maximum Gasteiger partial charge on any atom is 0.224 e. The summed E-state index contributed by atoms with van der Waals surface area (Å²) in [5.41, 5.74) is 1.97. The van der Waals surface area contributed by atoms with Crippen molar-refractivity contribution < 1.29 is 9.59 Å². The summed E-state index contributed by atoms with van der Waals surface area (Å²) >= 11 is 0. The van der Waals surface area contributed by atoms with E-state index in [9.17, 15) is 9.59 Å². The van der Waals surface area contributed by atoms with Gasteiger partial charge in [-0.05, 0) is 35.1 Å². The molecular weight excluding hydrogens is 338 g/mol. The second-order valence-corrected chi connectivity index (χ2v) is 9.94. The second-order valence-electron chi connectivity index (χ2n) is 9.94. The number of carbonyl (C=O) groups excluding carboxylic acids is 2.